The lowest BCUT2D eigenvalue weighted by atomic mass is 10.1. The fraction of sp³-hybridized carbons (Fsp3) is 0.0952. The highest BCUT2D eigenvalue weighted by atomic mass is 35.5. The van der Waals surface area contributed by atoms with Crippen molar-refractivity contribution in [2.45, 2.75) is 17.4 Å². The Bertz CT molecular complexity index is 1140. The zero-order valence-electron chi connectivity index (χ0n) is 15.5. The molecule has 0 saturated heterocycles. The van der Waals surface area contributed by atoms with Crippen molar-refractivity contribution in [2.75, 3.05) is 5.32 Å². The lowest BCUT2D eigenvalue weighted by molar-refractivity contribution is -0.117. The summed E-state index contributed by atoms with van der Waals surface area (Å²) in [5, 5.41) is 3.01. The van der Waals surface area contributed by atoms with Gasteiger partial charge in [-0.3, -0.25) is 4.79 Å². The Morgan fingerprint density at radius 1 is 0.933 bits per heavy atom. The molecule has 3 aromatic carbocycles. The fourth-order valence-electron chi connectivity index (χ4n) is 2.73. The molecular weight excluding hydrogens is 450 g/mol. The lowest BCUT2D eigenvalue weighted by Crippen LogP contribution is -2.45. The maximum Gasteiger partial charge on any atom is 0.242 e. The van der Waals surface area contributed by atoms with Gasteiger partial charge in [0.1, 0.15) is 11.9 Å². The minimum absolute atomic E-state index is 0.0886. The SMILES string of the molecule is O=C(Nc1cccc(Cl)c1Cl)[C@@H](Cc1ccccc1)NS(=O)(=O)c1ccc(F)cc1. The molecule has 156 valence electrons. The molecule has 1 amide bonds. The Balaban J connectivity index is 1.88. The predicted octanol–water partition coefficient (Wildman–Crippen LogP) is 4.66. The van der Waals surface area contributed by atoms with E-state index in [-0.39, 0.29) is 27.0 Å². The van der Waals surface area contributed by atoms with Gasteiger partial charge in [-0.25, -0.2) is 12.8 Å². The smallest absolute Gasteiger partial charge is 0.242 e. The first-order valence-corrected chi connectivity index (χ1v) is 11.1. The van der Waals surface area contributed by atoms with Crippen molar-refractivity contribution >= 4 is 44.8 Å². The molecule has 0 fully saturated rings. The third-order valence-corrected chi connectivity index (χ3v) is 6.54. The van der Waals surface area contributed by atoms with Crippen molar-refractivity contribution in [1.29, 1.82) is 0 Å². The normalized spacial score (nSPS) is 12.4. The summed E-state index contributed by atoms with van der Waals surface area (Å²) in [7, 11) is -4.09. The highest BCUT2D eigenvalue weighted by Gasteiger charge is 2.27. The van der Waals surface area contributed by atoms with Crippen LogP contribution in [0.25, 0.3) is 0 Å². The lowest BCUT2D eigenvalue weighted by Gasteiger charge is -2.19. The molecule has 0 aromatic heterocycles. The molecule has 0 aliphatic heterocycles. The van der Waals surface area contributed by atoms with E-state index in [0.717, 1.165) is 29.8 Å². The van der Waals surface area contributed by atoms with Gasteiger partial charge in [-0.2, -0.15) is 4.72 Å². The Morgan fingerprint density at radius 2 is 1.60 bits per heavy atom. The van der Waals surface area contributed by atoms with E-state index in [1.165, 1.54) is 0 Å². The largest absolute Gasteiger partial charge is 0.323 e. The summed E-state index contributed by atoms with van der Waals surface area (Å²) in [6, 6.07) is 16.8. The topological polar surface area (TPSA) is 75.3 Å². The first-order valence-electron chi connectivity index (χ1n) is 8.83. The van der Waals surface area contributed by atoms with Crippen LogP contribution in [0, 0.1) is 5.82 Å². The number of rotatable bonds is 7. The molecule has 1 atom stereocenters. The summed E-state index contributed by atoms with van der Waals surface area (Å²) < 4.78 is 41.1. The maximum absolute atomic E-state index is 13.2. The number of hydrogen-bond donors (Lipinski definition) is 2. The second-order valence-corrected chi connectivity index (χ2v) is 8.91. The van der Waals surface area contributed by atoms with Gasteiger partial charge in [0.05, 0.1) is 20.6 Å². The number of carbonyl (C=O) groups excluding carboxylic acids is 1. The third-order valence-electron chi connectivity index (χ3n) is 4.23. The van der Waals surface area contributed by atoms with Gasteiger partial charge in [0.2, 0.25) is 15.9 Å². The van der Waals surface area contributed by atoms with E-state index in [9.17, 15) is 17.6 Å². The van der Waals surface area contributed by atoms with Crippen LogP contribution in [0.3, 0.4) is 0 Å². The molecule has 5 nitrogen and oxygen atoms in total. The second-order valence-electron chi connectivity index (χ2n) is 6.41. The Hall–Kier alpha value is -2.45. The molecule has 0 aliphatic carbocycles. The summed E-state index contributed by atoms with van der Waals surface area (Å²) in [6.07, 6.45) is 0.0886. The zero-order valence-corrected chi connectivity index (χ0v) is 17.8. The van der Waals surface area contributed by atoms with Crippen LogP contribution in [0.1, 0.15) is 5.56 Å². The Kier molecular flexibility index (Phi) is 7.10. The number of hydrogen-bond acceptors (Lipinski definition) is 3. The van der Waals surface area contributed by atoms with Crippen LogP contribution in [0.4, 0.5) is 10.1 Å². The number of carbonyl (C=O) groups is 1. The van der Waals surface area contributed by atoms with E-state index in [4.69, 9.17) is 23.2 Å². The number of amides is 1. The van der Waals surface area contributed by atoms with Gasteiger partial charge < -0.3 is 5.32 Å². The van der Waals surface area contributed by atoms with Crippen LogP contribution in [0.2, 0.25) is 10.0 Å². The Morgan fingerprint density at radius 3 is 2.27 bits per heavy atom. The monoisotopic (exact) mass is 466 g/mol. The summed E-state index contributed by atoms with van der Waals surface area (Å²) >= 11 is 12.1. The highest BCUT2D eigenvalue weighted by molar-refractivity contribution is 7.89. The number of anilines is 1. The van der Waals surface area contributed by atoms with Gasteiger partial charge in [-0.15, -0.1) is 0 Å². The first kappa shape index (κ1) is 22.2. The van der Waals surface area contributed by atoms with Crippen LogP contribution in [-0.2, 0) is 21.2 Å². The molecule has 0 aliphatic rings. The average molecular weight is 467 g/mol. The van der Waals surface area contributed by atoms with Gasteiger partial charge in [0.15, 0.2) is 0 Å². The van der Waals surface area contributed by atoms with Gasteiger partial charge in [-0.05, 0) is 48.4 Å². The van der Waals surface area contributed by atoms with Crippen LogP contribution >= 0.6 is 23.2 Å². The van der Waals surface area contributed by atoms with Gasteiger partial charge in [0, 0.05) is 0 Å². The molecule has 0 bridgehead atoms. The van der Waals surface area contributed by atoms with E-state index >= 15 is 0 Å². The number of nitrogens with one attached hydrogen (secondary N) is 2. The van der Waals surface area contributed by atoms with E-state index in [0.29, 0.717) is 0 Å². The quantitative estimate of drug-likeness (QED) is 0.531. The highest BCUT2D eigenvalue weighted by Crippen LogP contribution is 2.29. The fourth-order valence-corrected chi connectivity index (χ4v) is 4.27. The van der Waals surface area contributed by atoms with Crippen LogP contribution < -0.4 is 10.0 Å². The first-order chi connectivity index (χ1) is 14.3. The van der Waals surface area contributed by atoms with Crippen LogP contribution in [0.5, 0.6) is 0 Å². The summed E-state index contributed by atoms with van der Waals surface area (Å²) in [5.74, 6) is -1.18. The summed E-state index contributed by atoms with van der Waals surface area (Å²) in [4.78, 5) is 12.8. The molecule has 2 N–H and O–H groups in total. The predicted molar refractivity (Wildman–Crippen MR) is 116 cm³/mol. The minimum Gasteiger partial charge on any atom is -0.323 e. The molecule has 0 unspecified atom stereocenters. The van der Waals surface area contributed by atoms with Crippen molar-refractivity contribution < 1.29 is 17.6 Å². The summed E-state index contributed by atoms with van der Waals surface area (Å²) in [5.41, 5.74) is 1.00. The maximum atomic E-state index is 13.2. The Labute approximate surface area is 183 Å². The van der Waals surface area contributed by atoms with Crippen molar-refractivity contribution in [3.8, 4) is 0 Å². The van der Waals surface area contributed by atoms with Crippen LogP contribution in [0.15, 0.2) is 77.7 Å². The molecule has 0 saturated carbocycles. The van der Waals surface area contributed by atoms with E-state index in [2.05, 4.69) is 10.0 Å². The van der Waals surface area contributed by atoms with E-state index in [1.54, 1.807) is 42.5 Å². The second kappa shape index (κ2) is 9.57. The van der Waals surface area contributed by atoms with Gasteiger partial charge >= 0.3 is 0 Å². The molecular formula is C21H17Cl2FN2O3S. The average Bonchev–Trinajstić information content (AvgIpc) is 2.72. The number of sulfonamides is 1. The number of benzene rings is 3. The molecule has 30 heavy (non-hydrogen) atoms. The van der Waals surface area contributed by atoms with Gasteiger partial charge in [0.25, 0.3) is 0 Å². The van der Waals surface area contributed by atoms with Crippen molar-refractivity contribution in [2.24, 2.45) is 0 Å². The van der Waals surface area contributed by atoms with E-state index in [1.807, 2.05) is 6.07 Å². The van der Waals surface area contributed by atoms with Crippen molar-refractivity contribution in [3.05, 3.63) is 94.2 Å². The molecule has 0 spiro atoms. The van der Waals surface area contributed by atoms with Gasteiger partial charge in [-0.1, -0.05) is 59.6 Å². The molecule has 3 rings (SSSR count). The van der Waals surface area contributed by atoms with Crippen LogP contribution in [-0.4, -0.2) is 20.4 Å². The molecule has 0 radical (unpaired) electrons. The molecule has 0 heterocycles. The number of halogens is 3. The van der Waals surface area contributed by atoms with Crippen molar-refractivity contribution in [1.82, 2.24) is 4.72 Å². The standard InChI is InChI=1S/C21H17Cl2FN2O3S/c22-17-7-4-8-18(20(17)23)25-21(27)19(13-14-5-2-1-3-6-14)26-30(28,29)16-11-9-15(24)10-12-16/h1-12,19,26H,13H2,(H,25,27)/t19-/m1/s1. The molecule has 3 aromatic rings. The molecule has 9 heteroatoms. The van der Waals surface area contributed by atoms with E-state index < -0.39 is 27.8 Å². The van der Waals surface area contributed by atoms with Crippen molar-refractivity contribution in [3.63, 3.8) is 0 Å². The third kappa shape index (κ3) is 5.58. The summed E-state index contributed by atoms with van der Waals surface area (Å²) in [6.45, 7) is 0. The minimum atomic E-state index is -4.09. The zero-order chi connectivity index (χ0) is 21.7.